The number of pyridine rings is 1. The third kappa shape index (κ3) is 5.03. The number of halogens is 3. The summed E-state index contributed by atoms with van der Waals surface area (Å²) >= 11 is 5.82. The van der Waals surface area contributed by atoms with Gasteiger partial charge >= 0.3 is 0 Å². The van der Waals surface area contributed by atoms with Crippen LogP contribution in [0, 0.1) is 5.82 Å². The lowest BCUT2D eigenvalue weighted by Gasteiger charge is -2.40. The standard InChI is InChI=1S/C26H23ClF2N4O2/c27-20-13-18(5-6-21(20)28)24(34)33-11-8-25(29,9-12-33)16-26(7-2-10-31-26)14-19-3-1-4-22(32-19)23-15-30-17-35-23/h1-7,10,13,15,17H,8-9,11-12,14,16H2. The molecule has 1 atom stereocenters. The van der Waals surface area contributed by atoms with E-state index in [0.717, 1.165) is 5.69 Å². The number of allylic oxidation sites excluding steroid dienone is 1. The topological polar surface area (TPSA) is 71.6 Å². The molecule has 5 rings (SSSR count). The molecule has 35 heavy (non-hydrogen) atoms. The van der Waals surface area contributed by atoms with Crippen molar-refractivity contribution in [2.75, 3.05) is 13.1 Å². The van der Waals surface area contributed by atoms with Gasteiger partial charge < -0.3 is 9.32 Å². The van der Waals surface area contributed by atoms with Crippen LogP contribution in [-0.4, -0.2) is 51.3 Å². The lowest BCUT2D eigenvalue weighted by Crippen LogP contribution is -2.48. The van der Waals surface area contributed by atoms with Crippen molar-refractivity contribution in [1.29, 1.82) is 0 Å². The van der Waals surface area contributed by atoms with Gasteiger partial charge in [0.1, 0.15) is 17.2 Å². The molecule has 3 aromatic rings. The van der Waals surface area contributed by atoms with Gasteiger partial charge in [0.2, 0.25) is 0 Å². The van der Waals surface area contributed by atoms with E-state index in [-0.39, 0.29) is 43.3 Å². The Hall–Kier alpha value is -3.39. The molecule has 2 aliphatic heterocycles. The summed E-state index contributed by atoms with van der Waals surface area (Å²) in [5, 5.41) is -0.110. The molecule has 0 N–H and O–H groups in total. The van der Waals surface area contributed by atoms with E-state index in [9.17, 15) is 9.18 Å². The molecule has 2 aromatic heterocycles. The molecule has 0 radical (unpaired) electrons. The molecule has 1 unspecified atom stereocenters. The van der Waals surface area contributed by atoms with E-state index in [1.165, 1.54) is 24.6 Å². The summed E-state index contributed by atoms with van der Waals surface area (Å²) < 4.78 is 34.9. The van der Waals surface area contributed by atoms with E-state index in [4.69, 9.17) is 16.0 Å². The Morgan fingerprint density at radius 2 is 2.03 bits per heavy atom. The van der Waals surface area contributed by atoms with Gasteiger partial charge in [0.25, 0.3) is 5.91 Å². The lowest BCUT2D eigenvalue weighted by atomic mass is 9.78. The Morgan fingerprint density at radius 1 is 1.20 bits per heavy atom. The predicted molar refractivity (Wildman–Crippen MR) is 129 cm³/mol. The number of amides is 1. The van der Waals surface area contributed by atoms with Crippen LogP contribution in [0.25, 0.3) is 11.5 Å². The summed E-state index contributed by atoms with van der Waals surface area (Å²) in [5.41, 5.74) is -0.527. The van der Waals surface area contributed by atoms with Crippen LogP contribution in [0.4, 0.5) is 8.78 Å². The largest absolute Gasteiger partial charge is 0.442 e. The van der Waals surface area contributed by atoms with E-state index in [1.54, 1.807) is 17.3 Å². The van der Waals surface area contributed by atoms with Crippen molar-refractivity contribution in [3.63, 3.8) is 0 Å². The lowest BCUT2D eigenvalue weighted by molar-refractivity contribution is 0.0322. The monoisotopic (exact) mass is 496 g/mol. The molecule has 9 heteroatoms. The second-order valence-corrected chi connectivity index (χ2v) is 9.45. The number of likely N-dealkylation sites (tertiary alicyclic amines) is 1. The number of rotatable bonds is 6. The van der Waals surface area contributed by atoms with Crippen molar-refractivity contribution in [3.8, 4) is 11.5 Å². The number of aliphatic imine (C=N–C) groups is 1. The van der Waals surface area contributed by atoms with Gasteiger partial charge in [0.15, 0.2) is 12.2 Å². The van der Waals surface area contributed by atoms with Crippen LogP contribution in [0.15, 0.2) is 70.6 Å². The van der Waals surface area contributed by atoms with Crippen LogP contribution in [0.1, 0.15) is 35.3 Å². The van der Waals surface area contributed by atoms with Gasteiger partial charge in [-0.25, -0.2) is 18.7 Å². The molecule has 1 fully saturated rings. The Kier molecular flexibility index (Phi) is 6.23. The number of oxazole rings is 1. The van der Waals surface area contributed by atoms with Crippen LogP contribution < -0.4 is 0 Å². The van der Waals surface area contributed by atoms with E-state index < -0.39 is 17.0 Å². The Morgan fingerprint density at radius 3 is 2.71 bits per heavy atom. The average molecular weight is 497 g/mol. The minimum atomic E-state index is -1.49. The number of hydrogen-bond acceptors (Lipinski definition) is 5. The summed E-state index contributed by atoms with van der Waals surface area (Å²) in [7, 11) is 0. The molecule has 1 amide bonds. The molecular weight excluding hydrogens is 474 g/mol. The maximum atomic E-state index is 16.1. The van der Waals surface area contributed by atoms with Gasteiger partial charge in [-0.05, 0) is 49.2 Å². The fourth-order valence-electron chi connectivity index (χ4n) is 4.75. The number of benzene rings is 1. The number of hydrogen-bond donors (Lipinski definition) is 0. The number of carbonyl (C=O) groups is 1. The molecule has 0 saturated carbocycles. The Bertz CT molecular complexity index is 1270. The molecule has 0 bridgehead atoms. The zero-order valence-corrected chi connectivity index (χ0v) is 19.6. The quantitative estimate of drug-likeness (QED) is 0.452. The number of nitrogens with zero attached hydrogens (tertiary/aromatic N) is 4. The smallest absolute Gasteiger partial charge is 0.253 e. The van der Waals surface area contributed by atoms with Gasteiger partial charge in [-0.1, -0.05) is 23.7 Å². The number of aromatic nitrogens is 2. The van der Waals surface area contributed by atoms with Gasteiger partial charge in [-0.15, -0.1) is 0 Å². The Balaban J connectivity index is 1.27. The van der Waals surface area contributed by atoms with Crippen molar-refractivity contribution in [2.24, 2.45) is 4.99 Å². The number of piperidine rings is 1. The van der Waals surface area contributed by atoms with Crippen LogP contribution in [0.2, 0.25) is 5.02 Å². The fraction of sp³-hybridized carbons (Fsp3) is 0.308. The molecule has 0 spiro atoms. The molecule has 2 aliphatic rings. The second kappa shape index (κ2) is 9.34. The van der Waals surface area contributed by atoms with Gasteiger partial charge in [0.05, 0.1) is 16.8 Å². The molecule has 0 aliphatic carbocycles. The van der Waals surface area contributed by atoms with Gasteiger partial charge in [-0.2, -0.15) is 0 Å². The highest BCUT2D eigenvalue weighted by molar-refractivity contribution is 6.31. The summed E-state index contributed by atoms with van der Waals surface area (Å²) in [4.78, 5) is 27.6. The SMILES string of the molecule is O=C(c1ccc(F)c(Cl)c1)N1CCC(F)(CC2(Cc3cccc(-c4cnco4)n3)C=CC=N2)CC1. The third-order valence-corrected chi connectivity index (χ3v) is 6.83. The minimum absolute atomic E-state index is 0.110. The summed E-state index contributed by atoms with van der Waals surface area (Å²) in [6.45, 7) is 0.514. The van der Waals surface area contributed by atoms with Gasteiger partial charge in [-0.3, -0.25) is 9.79 Å². The maximum Gasteiger partial charge on any atom is 0.253 e. The van der Waals surface area contributed by atoms with E-state index in [2.05, 4.69) is 15.0 Å². The van der Waals surface area contributed by atoms with Crippen LogP contribution >= 0.6 is 11.6 Å². The third-order valence-electron chi connectivity index (χ3n) is 6.54. The maximum absolute atomic E-state index is 16.1. The summed E-state index contributed by atoms with van der Waals surface area (Å²) in [6.07, 6.45) is 9.39. The first-order valence-corrected chi connectivity index (χ1v) is 11.7. The van der Waals surface area contributed by atoms with Crippen molar-refractivity contribution < 1.29 is 18.0 Å². The summed E-state index contributed by atoms with van der Waals surface area (Å²) in [6, 6.07) is 9.48. The highest BCUT2D eigenvalue weighted by Crippen LogP contribution is 2.40. The average Bonchev–Trinajstić information content (AvgIpc) is 3.54. The molecule has 6 nitrogen and oxygen atoms in total. The highest BCUT2D eigenvalue weighted by Gasteiger charge is 2.44. The molecule has 4 heterocycles. The van der Waals surface area contributed by atoms with E-state index in [1.807, 2.05) is 30.4 Å². The summed E-state index contributed by atoms with van der Waals surface area (Å²) in [5.74, 6) is -0.301. The zero-order valence-electron chi connectivity index (χ0n) is 18.8. The number of alkyl halides is 1. The predicted octanol–water partition coefficient (Wildman–Crippen LogP) is 5.49. The molecule has 1 aromatic carbocycles. The first kappa shape index (κ1) is 23.4. The van der Waals surface area contributed by atoms with Crippen LogP contribution in [-0.2, 0) is 6.42 Å². The second-order valence-electron chi connectivity index (χ2n) is 9.05. The van der Waals surface area contributed by atoms with Crippen molar-refractivity contribution in [1.82, 2.24) is 14.9 Å². The molecule has 180 valence electrons. The first-order chi connectivity index (χ1) is 16.8. The van der Waals surface area contributed by atoms with Crippen molar-refractivity contribution >= 4 is 23.7 Å². The Labute approximate surface area is 206 Å². The van der Waals surface area contributed by atoms with Crippen LogP contribution in [0.5, 0.6) is 0 Å². The van der Waals surface area contributed by atoms with Crippen molar-refractivity contribution in [2.45, 2.75) is 36.9 Å². The zero-order chi connectivity index (χ0) is 24.5. The van der Waals surface area contributed by atoms with Crippen molar-refractivity contribution in [3.05, 3.63) is 83.2 Å². The molecule has 1 saturated heterocycles. The number of carbonyl (C=O) groups excluding carboxylic acids is 1. The first-order valence-electron chi connectivity index (χ1n) is 11.4. The van der Waals surface area contributed by atoms with Crippen LogP contribution in [0.3, 0.4) is 0 Å². The normalized spacial score (nSPS) is 20.9. The molecular formula is C26H23ClF2N4O2. The van der Waals surface area contributed by atoms with Gasteiger partial charge in [0, 0.05) is 43.4 Å². The minimum Gasteiger partial charge on any atom is -0.442 e. The fourth-order valence-corrected chi connectivity index (χ4v) is 4.93. The van der Waals surface area contributed by atoms with E-state index in [0.29, 0.717) is 23.4 Å². The van der Waals surface area contributed by atoms with E-state index >= 15 is 4.39 Å². The highest BCUT2D eigenvalue weighted by atomic mass is 35.5.